The number of ether oxygens (including phenoxy) is 1. The van der Waals surface area contributed by atoms with Crippen LogP contribution in [-0.2, 0) is 0 Å². The molecule has 0 aliphatic carbocycles. The summed E-state index contributed by atoms with van der Waals surface area (Å²) < 4.78 is 5.70. The van der Waals surface area contributed by atoms with Crippen molar-refractivity contribution >= 4 is 46.1 Å². The summed E-state index contributed by atoms with van der Waals surface area (Å²) >= 11 is 8.04. The molecule has 2 amide bonds. The molecule has 0 unspecified atom stereocenters. The SMILES string of the molecule is CCCCOc1cccc(C(=O)Nc2ccc(N3CCN(C(=O)c4cccs4)CC3)c(Cl)c2)c1. The fourth-order valence-electron chi connectivity index (χ4n) is 3.81. The molecule has 0 saturated carbocycles. The lowest BCUT2D eigenvalue weighted by Crippen LogP contribution is -2.48. The van der Waals surface area contributed by atoms with E-state index in [9.17, 15) is 9.59 Å². The Kier molecular flexibility index (Phi) is 8.08. The van der Waals surface area contributed by atoms with E-state index in [0.717, 1.165) is 23.4 Å². The van der Waals surface area contributed by atoms with Crippen LogP contribution in [0.3, 0.4) is 0 Å². The molecule has 8 heteroatoms. The summed E-state index contributed by atoms with van der Waals surface area (Å²) in [5.41, 5.74) is 2.05. The van der Waals surface area contributed by atoms with Gasteiger partial charge in [0.1, 0.15) is 5.75 Å². The van der Waals surface area contributed by atoms with Gasteiger partial charge in [0.25, 0.3) is 11.8 Å². The van der Waals surface area contributed by atoms with Gasteiger partial charge in [0.05, 0.1) is 22.2 Å². The Morgan fingerprint density at radius 1 is 1.06 bits per heavy atom. The fourth-order valence-corrected chi connectivity index (χ4v) is 4.80. The maximum absolute atomic E-state index is 12.7. The summed E-state index contributed by atoms with van der Waals surface area (Å²) in [5, 5.41) is 5.39. The molecule has 178 valence electrons. The highest BCUT2D eigenvalue weighted by Crippen LogP contribution is 2.30. The number of hydrogen-bond donors (Lipinski definition) is 1. The lowest BCUT2D eigenvalue weighted by molar-refractivity contribution is 0.0751. The Morgan fingerprint density at radius 3 is 2.59 bits per heavy atom. The molecule has 0 spiro atoms. The van der Waals surface area contributed by atoms with Crippen LogP contribution in [0.1, 0.15) is 39.8 Å². The number of amides is 2. The van der Waals surface area contributed by atoms with E-state index in [2.05, 4.69) is 17.1 Å². The number of unbranched alkanes of at least 4 members (excludes halogenated alkanes) is 1. The monoisotopic (exact) mass is 497 g/mol. The normalized spacial score (nSPS) is 13.6. The number of benzene rings is 2. The van der Waals surface area contributed by atoms with Gasteiger partial charge < -0.3 is 19.9 Å². The van der Waals surface area contributed by atoms with Crippen LogP contribution in [0.5, 0.6) is 5.75 Å². The second kappa shape index (κ2) is 11.4. The van der Waals surface area contributed by atoms with Gasteiger partial charge in [-0.2, -0.15) is 0 Å². The van der Waals surface area contributed by atoms with E-state index in [1.807, 2.05) is 46.7 Å². The third-order valence-electron chi connectivity index (χ3n) is 5.71. The average Bonchev–Trinajstić information content (AvgIpc) is 3.39. The molecule has 2 heterocycles. The fraction of sp³-hybridized carbons (Fsp3) is 0.308. The third-order valence-corrected chi connectivity index (χ3v) is 6.87. The summed E-state index contributed by atoms with van der Waals surface area (Å²) in [4.78, 5) is 30.1. The zero-order valence-electron chi connectivity index (χ0n) is 19.1. The Balaban J connectivity index is 1.35. The molecule has 1 saturated heterocycles. The molecule has 6 nitrogen and oxygen atoms in total. The van der Waals surface area contributed by atoms with E-state index in [0.29, 0.717) is 54.8 Å². The van der Waals surface area contributed by atoms with Crippen molar-refractivity contribution in [1.29, 1.82) is 0 Å². The molecule has 1 fully saturated rings. The predicted octanol–water partition coefficient (Wildman–Crippen LogP) is 5.80. The Bertz CT molecular complexity index is 1130. The van der Waals surface area contributed by atoms with Crippen LogP contribution in [0.15, 0.2) is 60.0 Å². The van der Waals surface area contributed by atoms with Crippen LogP contribution in [0.25, 0.3) is 0 Å². The van der Waals surface area contributed by atoms with Crippen molar-refractivity contribution in [3.8, 4) is 5.75 Å². The summed E-state index contributed by atoms with van der Waals surface area (Å²) in [6, 6.07) is 16.5. The van der Waals surface area contributed by atoms with E-state index in [4.69, 9.17) is 16.3 Å². The smallest absolute Gasteiger partial charge is 0.264 e. The summed E-state index contributed by atoms with van der Waals surface area (Å²) in [6.45, 7) is 5.43. The summed E-state index contributed by atoms with van der Waals surface area (Å²) in [6.07, 6.45) is 2.03. The molecule has 0 radical (unpaired) electrons. The molecule has 34 heavy (non-hydrogen) atoms. The van der Waals surface area contributed by atoms with E-state index in [1.54, 1.807) is 18.2 Å². The van der Waals surface area contributed by atoms with Gasteiger partial charge in [-0.05, 0) is 54.3 Å². The minimum atomic E-state index is -0.217. The van der Waals surface area contributed by atoms with Gasteiger partial charge in [-0.1, -0.05) is 37.1 Å². The van der Waals surface area contributed by atoms with Crippen LogP contribution in [-0.4, -0.2) is 49.5 Å². The van der Waals surface area contributed by atoms with Crippen molar-refractivity contribution in [2.45, 2.75) is 19.8 Å². The van der Waals surface area contributed by atoms with Gasteiger partial charge >= 0.3 is 0 Å². The van der Waals surface area contributed by atoms with Gasteiger partial charge in [-0.3, -0.25) is 9.59 Å². The lowest BCUT2D eigenvalue weighted by atomic mass is 10.2. The number of carbonyl (C=O) groups excluding carboxylic acids is 2. The van der Waals surface area contributed by atoms with Gasteiger partial charge in [-0.25, -0.2) is 0 Å². The maximum atomic E-state index is 12.7. The van der Waals surface area contributed by atoms with Crippen molar-refractivity contribution in [3.05, 3.63) is 75.4 Å². The van der Waals surface area contributed by atoms with Crippen molar-refractivity contribution in [1.82, 2.24) is 4.90 Å². The van der Waals surface area contributed by atoms with Crippen molar-refractivity contribution < 1.29 is 14.3 Å². The molecule has 0 atom stereocenters. The maximum Gasteiger partial charge on any atom is 0.264 e. The first-order chi connectivity index (χ1) is 16.5. The summed E-state index contributed by atoms with van der Waals surface area (Å²) in [7, 11) is 0. The highest BCUT2D eigenvalue weighted by Gasteiger charge is 2.24. The molecule has 1 aromatic heterocycles. The van der Waals surface area contributed by atoms with Crippen LogP contribution < -0.4 is 15.0 Å². The number of anilines is 2. The number of hydrogen-bond acceptors (Lipinski definition) is 5. The van der Waals surface area contributed by atoms with Gasteiger partial charge in [0.2, 0.25) is 0 Å². The molecule has 1 aliphatic heterocycles. The first kappa shape index (κ1) is 24.1. The number of nitrogens with one attached hydrogen (secondary N) is 1. The highest BCUT2D eigenvalue weighted by atomic mass is 35.5. The third kappa shape index (κ3) is 5.90. The number of carbonyl (C=O) groups is 2. The van der Waals surface area contributed by atoms with Crippen molar-refractivity contribution in [3.63, 3.8) is 0 Å². The van der Waals surface area contributed by atoms with E-state index < -0.39 is 0 Å². The van der Waals surface area contributed by atoms with Crippen molar-refractivity contribution in [2.24, 2.45) is 0 Å². The van der Waals surface area contributed by atoms with Gasteiger partial charge in [-0.15, -0.1) is 11.3 Å². The van der Waals surface area contributed by atoms with Crippen LogP contribution in [0.2, 0.25) is 5.02 Å². The quantitative estimate of drug-likeness (QED) is 0.400. The number of nitrogens with zero attached hydrogens (tertiary/aromatic N) is 2. The zero-order valence-corrected chi connectivity index (χ0v) is 20.7. The predicted molar refractivity (Wildman–Crippen MR) is 139 cm³/mol. The molecule has 1 aliphatic rings. The first-order valence-corrected chi connectivity index (χ1v) is 12.7. The van der Waals surface area contributed by atoms with Crippen LogP contribution >= 0.6 is 22.9 Å². The van der Waals surface area contributed by atoms with Crippen LogP contribution in [0, 0.1) is 0 Å². The molecule has 3 aromatic rings. The standard InChI is InChI=1S/C26H28ClN3O3S/c1-2-3-15-33-21-7-4-6-19(17-21)25(31)28-20-9-10-23(22(27)18-20)29-11-13-30(14-12-29)26(32)24-8-5-16-34-24/h4-10,16-18H,2-3,11-15H2,1H3,(H,28,31). The molecule has 1 N–H and O–H groups in total. The minimum absolute atomic E-state index is 0.0821. The Morgan fingerprint density at radius 2 is 1.88 bits per heavy atom. The second-order valence-electron chi connectivity index (χ2n) is 8.11. The minimum Gasteiger partial charge on any atom is -0.494 e. The molecular formula is C26H28ClN3O3S. The van der Waals surface area contributed by atoms with Crippen molar-refractivity contribution in [2.75, 3.05) is 43.0 Å². The van der Waals surface area contributed by atoms with E-state index in [1.165, 1.54) is 11.3 Å². The topological polar surface area (TPSA) is 61.9 Å². The number of rotatable bonds is 8. The first-order valence-electron chi connectivity index (χ1n) is 11.5. The van der Waals surface area contributed by atoms with Crippen LogP contribution in [0.4, 0.5) is 11.4 Å². The second-order valence-corrected chi connectivity index (χ2v) is 9.46. The molecule has 4 rings (SSSR count). The van der Waals surface area contributed by atoms with Gasteiger partial charge in [0.15, 0.2) is 0 Å². The lowest BCUT2D eigenvalue weighted by Gasteiger charge is -2.36. The Hall–Kier alpha value is -3.03. The highest BCUT2D eigenvalue weighted by molar-refractivity contribution is 7.12. The van der Waals surface area contributed by atoms with Gasteiger partial charge in [0, 0.05) is 37.4 Å². The van der Waals surface area contributed by atoms with E-state index in [-0.39, 0.29) is 11.8 Å². The Labute approximate surface area is 209 Å². The molecule has 2 aromatic carbocycles. The molecule has 0 bridgehead atoms. The number of halogens is 1. The molecular weight excluding hydrogens is 470 g/mol. The number of thiophene rings is 1. The average molecular weight is 498 g/mol. The summed E-state index contributed by atoms with van der Waals surface area (Å²) in [5.74, 6) is 0.551. The van der Waals surface area contributed by atoms with E-state index >= 15 is 0 Å². The number of piperazine rings is 1. The zero-order chi connectivity index (χ0) is 23.9. The largest absolute Gasteiger partial charge is 0.494 e.